The van der Waals surface area contributed by atoms with E-state index in [1.54, 1.807) is 6.08 Å². The number of hydrogen-bond donors (Lipinski definition) is 0. The smallest absolute Gasteiger partial charge is 0.267 e. The van der Waals surface area contributed by atoms with Crippen molar-refractivity contribution in [3.05, 3.63) is 47.6 Å². The van der Waals surface area contributed by atoms with E-state index >= 15 is 0 Å². The second kappa shape index (κ2) is 17.7. The first-order valence-electron chi connectivity index (χ1n) is 15.6. The molecule has 1 heterocycles. The van der Waals surface area contributed by atoms with Gasteiger partial charge in [-0.05, 0) is 99.8 Å². The van der Waals surface area contributed by atoms with Gasteiger partial charge in [0, 0.05) is 25.5 Å². The number of halogens is 2. The van der Waals surface area contributed by atoms with Gasteiger partial charge in [0.2, 0.25) is 0 Å². The summed E-state index contributed by atoms with van der Waals surface area (Å²) in [4.78, 5) is 18.9. The lowest BCUT2D eigenvalue weighted by molar-refractivity contribution is -0.108. The highest BCUT2D eigenvalue weighted by atomic mass is 19.3. The summed E-state index contributed by atoms with van der Waals surface area (Å²) in [7, 11) is 0. The first-order valence-corrected chi connectivity index (χ1v) is 15.6. The lowest BCUT2D eigenvalue weighted by Gasteiger charge is -2.35. The van der Waals surface area contributed by atoms with Crippen LogP contribution < -0.4 is 0 Å². The Morgan fingerprint density at radius 1 is 1.25 bits per heavy atom. The maximum absolute atomic E-state index is 14.6. The lowest BCUT2D eigenvalue weighted by atomic mass is 9.84. The normalized spacial score (nSPS) is 22.5. The van der Waals surface area contributed by atoms with E-state index in [9.17, 15) is 13.6 Å². The topological polar surface area (TPSA) is 41.9 Å². The number of likely N-dealkylation sites (tertiary alicyclic amines) is 1. The number of oxime groups is 1. The van der Waals surface area contributed by atoms with Crippen molar-refractivity contribution in [2.45, 2.75) is 105 Å². The molecule has 1 aliphatic carbocycles. The molecule has 0 N–H and O–H groups in total. The molecule has 1 saturated heterocycles. The molecule has 0 radical (unpaired) electrons. The molecule has 226 valence electrons. The van der Waals surface area contributed by atoms with E-state index in [4.69, 9.17) is 4.84 Å². The molecule has 3 unspecified atom stereocenters. The van der Waals surface area contributed by atoms with Gasteiger partial charge in [0.25, 0.3) is 5.92 Å². The van der Waals surface area contributed by atoms with Gasteiger partial charge in [0.1, 0.15) is 12.9 Å². The standard InChI is InChI=1S/C34H54F2N2O2/c1-7-10-13-29(8-2)32(9-3)33(34(6,35)36)14-11-12-23-40-37-27(5)30-15-16-31(26(4)24-30)25-38-20-17-28(18-21-38)19-22-39/h9,15-16,22,24,26,28-29,31H,3,7-8,10-14,17-21,23,25H2,1-2,4-6H3/b33-32-,37-27+. The minimum atomic E-state index is -2.85. The zero-order chi connectivity index (χ0) is 29.5. The van der Waals surface area contributed by atoms with Crippen LogP contribution in [0.15, 0.2) is 52.8 Å². The van der Waals surface area contributed by atoms with Crippen molar-refractivity contribution < 1.29 is 18.4 Å². The second-order valence-corrected chi connectivity index (χ2v) is 11.9. The molecular weight excluding hydrogens is 506 g/mol. The number of allylic oxidation sites excluding steroid dienone is 6. The van der Waals surface area contributed by atoms with Crippen LogP contribution in [0.4, 0.5) is 8.78 Å². The second-order valence-electron chi connectivity index (χ2n) is 11.9. The molecular formula is C34H54F2N2O2. The number of unbranched alkanes of at least 4 members (excludes halogenated alkanes) is 2. The van der Waals surface area contributed by atoms with E-state index in [1.165, 1.54) is 0 Å². The van der Waals surface area contributed by atoms with E-state index in [1.807, 2.05) is 6.92 Å². The van der Waals surface area contributed by atoms with Crippen molar-refractivity contribution >= 4 is 12.0 Å². The Hall–Kier alpha value is -2.08. The predicted molar refractivity (Wildman–Crippen MR) is 164 cm³/mol. The minimum Gasteiger partial charge on any atom is -0.396 e. The van der Waals surface area contributed by atoms with Gasteiger partial charge in [-0.3, -0.25) is 0 Å². The monoisotopic (exact) mass is 560 g/mol. The van der Waals surface area contributed by atoms with E-state index in [2.05, 4.69) is 55.6 Å². The van der Waals surface area contributed by atoms with Crippen molar-refractivity contribution in [1.82, 2.24) is 4.90 Å². The van der Waals surface area contributed by atoms with Crippen LogP contribution in [0.2, 0.25) is 0 Å². The van der Waals surface area contributed by atoms with E-state index < -0.39 is 5.92 Å². The van der Waals surface area contributed by atoms with Gasteiger partial charge < -0.3 is 14.5 Å². The van der Waals surface area contributed by atoms with Crippen LogP contribution in [0, 0.1) is 23.7 Å². The molecule has 0 aromatic rings. The number of rotatable bonds is 18. The number of hydrogen-bond acceptors (Lipinski definition) is 4. The number of piperidine rings is 1. The Labute approximate surface area is 242 Å². The molecule has 2 aliphatic rings. The zero-order valence-electron chi connectivity index (χ0n) is 25.8. The van der Waals surface area contributed by atoms with Gasteiger partial charge in [-0.1, -0.05) is 69.7 Å². The predicted octanol–water partition coefficient (Wildman–Crippen LogP) is 8.95. The molecule has 0 aromatic carbocycles. The molecule has 0 bridgehead atoms. The molecule has 0 amide bonds. The maximum atomic E-state index is 14.6. The first-order chi connectivity index (χ1) is 19.1. The van der Waals surface area contributed by atoms with Crippen LogP contribution in [0.25, 0.3) is 0 Å². The fourth-order valence-corrected chi connectivity index (χ4v) is 6.02. The summed E-state index contributed by atoms with van der Waals surface area (Å²) in [5.41, 5.74) is 2.89. The number of carbonyl (C=O) groups excluding carboxylic acids is 1. The third-order valence-corrected chi connectivity index (χ3v) is 8.72. The zero-order valence-corrected chi connectivity index (χ0v) is 25.8. The van der Waals surface area contributed by atoms with Crippen LogP contribution in [0.3, 0.4) is 0 Å². The summed E-state index contributed by atoms with van der Waals surface area (Å²) in [5.74, 6) is -1.28. The highest BCUT2D eigenvalue weighted by Gasteiger charge is 2.31. The Morgan fingerprint density at radius 3 is 2.55 bits per heavy atom. The average Bonchev–Trinajstić information content (AvgIpc) is 2.92. The van der Waals surface area contributed by atoms with Gasteiger partial charge in [-0.2, -0.15) is 0 Å². The van der Waals surface area contributed by atoms with Crippen LogP contribution in [0.1, 0.15) is 98.8 Å². The minimum absolute atomic E-state index is 0.140. The summed E-state index contributed by atoms with van der Waals surface area (Å²) in [6, 6.07) is 0. The Kier molecular flexibility index (Phi) is 15.1. The van der Waals surface area contributed by atoms with Crippen LogP contribution in [-0.2, 0) is 9.63 Å². The molecule has 40 heavy (non-hydrogen) atoms. The Balaban J connectivity index is 1.83. The molecule has 1 fully saturated rings. The molecule has 4 nitrogen and oxygen atoms in total. The number of alkyl halides is 2. The molecule has 1 aliphatic heterocycles. The van der Waals surface area contributed by atoms with Crippen LogP contribution >= 0.6 is 0 Å². The van der Waals surface area contributed by atoms with Crippen molar-refractivity contribution in [3.8, 4) is 0 Å². The largest absolute Gasteiger partial charge is 0.396 e. The third kappa shape index (κ3) is 11.1. The molecule has 6 heteroatoms. The van der Waals surface area contributed by atoms with Gasteiger partial charge >= 0.3 is 0 Å². The van der Waals surface area contributed by atoms with Gasteiger partial charge in [-0.25, -0.2) is 8.78 Å². The van der Waals surface area contributed by atoms with Gasteiger partial charge in [0.05, 0.1) is 5.71 Å². The maximum Gasteiger partial charge on any atom is 0.267 e. The molecule has 0 spiro atoms. The SMILES string of the molecule is C=C/C(=C(\CCCCO/N=C(\C)C1=CC(C)C(CN2CCC(CC=O)CC2)C=C1)C(C)(F)F)C(CC)CCCC. The highest BCUT2D eigenvalue weighted by molar-refractivity contribution is 6.00. The van der Waals surface area contributed by atoms with E-state index in [0.717, 1.165) is 88.2 Å². The number of aldehydes is 1. The Morgan fingerprint density at radius 2 is 1.98 bits per heavy atom. The number of nitrogens with zero attached hydrogens (tertiary/aromatic N) is 2. The summed E-state index contributed by atoms with van der Waals surface area (Å²) in [5, 5.41) is 4.32. The molecule has 3 atom stereocenters. The van der Waals surface area contributed by atoms with E-state index in [-0.39, 0.29) is 11.5 Å². The number of carbonyl (C=O) groups is 1. The quantitative estimate of drug-likeness (QED) is 0.0552. The van der Waals surface area contributed by atoms with Gasteiger partial charge in [-0.15, -0.1) is 0 Å². The van der Waals surface area contributed by atoms with Crippen molar-refractivity contribution in [2.24, 2.45) is 28.8 Å². The highest BCUT2D eigenvalue weighted by Crippen LogP contribution is 2.36. The first kappa shape index (κ1) is 34.1. The fourth-order valence-electron chi connectivity index (χ4n) is 6.02. The van der Waals surface area contributed by atoms with E-state index in [0.29, 0.717) is 50.0 Å². The summed E-state index contributed by atoms with van der Waals surface area (Å²) in [6.45, 7) is 16.9. The Bertz CT molecular complexity index is 907. The molecule has 2 rings (SSSR count). The fraction of sp³-hybridized carbons (Fsp3) is 0.706. The summed E-state index contributed by atoms with van der Waals surface area (Å²) >= 11 is 0. The lowest BCUT2D eigenvalue weighted by Crippen LogP contribution is -2.38. The van der Waals surface area contributed by atoms with Gasteiger partial charge in [0.15, 0.2) is 0 Å². The van der Waals surface area contributed by atoms with Crippen LogP contribution in [-0.4, -0.2) is 49.1 Å². The summed E-state index contributed by atoms with van der Waals surface area (Å²) < 4.78 is 29.2. The third-order valence-electron chi connectivity index (χ3n) is 8.72. The molecule has 0 aromatic heterocycles. The van der Waals surface area contributed by atoms with Crippen molar-refractivity contribution in [2.75, 3.05) is 26.2 Å². The van der Waals surface area contributed by atoms with Crippen molar-refractivity contribution in [1.29, 1.82) is 0 Å². The average molecular weight is 561 g/mol. The van der Waals surface area contributed by atoms with Crippen LogP contribution in [0.5, 0.6) is 0 Å². The molecule has 0 saturated carbocycles. The summed E-state index contributed by atoms with van der Waals surface area (Å²) in [6.07, 6.45) is 17.9. The van der Waals surface area contributed by atoms with Crippen molar-refractivity contribution in [3.63, 3.8) is 0 Å².